The number of likely N-dealkylation sites (tertiary alicyclic amines) is 1. The van der Waals surface area contributed by atoms with Crippen LogP contribution in [0.4, 0.5) is 0 Å². The molecule has 1 aromatic heterocycles. The molecule has 0 spiro atoms. The van der Waals surface area contributed by atoms with Gasteiger partial charge in [-0.2, -0.15) is 0 Å². The largest absolute Gasteiger partial charge is 0.375 e. The number of guanidine groups is 1. The first-order valence-corrected chi connectivity index (χ1v) is 11.4. The molecule has 0 amide bonds. The smallest absolute Gasteiger partial charge is 0.194 e. The van der Waals surface area contributed by atoms with E-state index in [1.807, 2.05) is 6.92 Å². The molecule has 2 rings (SSSR count). The number of aromatic nitrogens is 1. The van der Waals surface area contributed by atoms with Gasteiger partial charge in [-0.1, -0.05) is 6.92 Å². The van der Waals surface area contributed by atoms with Crippen LogP contribution in [0.5, 0.6) is 0 Å². The molecule has 2 unspecified atom stereocenters. The van der Waals surface area contributed by atoms with E-state index in [9.17, 15) is 0 Å². The summed E-state index contributed by atoms with van der Waals surface area (Å²) in [7, 11) is 3.80. The molecule has 0 aromatic carbocycles. The van der Waals surface area contributed by atoms with E-state index in [0.29, 0.717) is 0 Å². The summed E-state index contributed by atoms with van der Waals surface area (Å²) >= 11 is 1.66. The number of aliphatic imine (C=N–C) groups is 1. The third-order valence-electron chi connectivity index (χ3n) is 5.50. The Balaban J connectivity index is 2.02. The Kier molecular flexibility index (Phi) is 8.71. The fourth-order valence-corrected chi connectivity index (χ4v) is 4.42. The lowest BCUT2D eigenvalue weighted by molar-refractivity contribution is 0.0773. The zero-order valence-electron chi connectivity index (χ0n) is 18.8. The SMILES string of the molecule is CCNC(=NCC(C)(C)N1CCCC(C)C1)N(C)Cc1csc(C(C)OC)n1. The number of nitrogens with zero attached hydrogens (tertiary/aromatic N) is 4. The third-order valence-corrected chi connectivity index (χ3v) is 6.55. The lowest BCUT2D eigenvalue weighted by atomic mass is 9.94. The number of ether oxygens (including phenoxy) is 1. The summed E-state index contributed by atoms with van der Waals surface area (Å²) in [6.07, 6.45) is 2.68. The van der Waals surface area contributed by atoms with Crippen molar-refractivity contribution in [2.45, 2.75) is 65.6 Å². The van der Waals surface area contributed by atoms with E-state index < -0.39 is 0 Å². The summed E-state index contributed by atoms with van der Waals surface area (Å²) in [5.74, 6) is 1.72. The lowest BCUT2D eigenvalue weighted by Crippen LogP contribution is -2.51. The number of methoxy groups -OCH3 is 1. The van der Waals surface area contributed by atoms with Crippen molar-refractivity contribution in [1.82, 2.24) is 20.1 Å². The molecular weight excluding hydrogens is 370 g/mol. The van der Waals surface area contributed by atoms with Crippen LogP contribution in [-0.2, 0) is 11.3 Å². The molecule has 2 heterocycles. The molecule has 2 atom stereocenters. The Bertz CT molecular complexity index is 630. The average Bonchev–Trinajstić information content (AvgIpc) is 3.12. The van der Waals surface area contributed by atoms with Crippen molar-refractivity contribution in [3.63, 3.8) is 0 Å². The average molecular weight is 410 g/mol. The highest BCUT2D eigenvalue weighted by molar-refractivity contribution is 7.09. The Labute approximate surface area is 175 Å². The Morgan fingerprint density at radius 3 is 2.93 bits per heavy atom. The maximum atomic E-state index is 5.38. The predicted molar refractivity (Wildman–Crippen MR) is 119 cm³/mol. The Morgan fingerprint density at radius 1 is 1.54 bits per heavy atom. The topological polar surface area (TPSA) is 53.0 Å². The standard InChI is InChI=1S/C21H39N5OS/c1-8-22-20(23-15-21(4,5)26-11-9-10-16(2)12-26)25(6)13-18-14-28-19(24-18)17(3)27-7/h14,16-17H,8-13,15H2,1-7H3,(H,22,23). The molecule has 0 bridgehead atoms. The van der Waals surface area contributed by atoms with Gasteiger partial charge in [0.15, 0.2) is 5.96 Å². The summed E-state index contributed by atoms with van der Waals surface area (Å²) in [5.41, 5.74) is 1.12. The highest BCUT2D eigenvalue weighted by atomic mass is 32.1. The summed E-state index contributed by atoms with van der Waals surface area (Å²) in [6.45, 7) is 15.9. The molecule has 1 aliphatic heterocycles. The molecule has 0 radical (unpaired) electrons. The lowest BCUT2D eigenvalue weighted by Gasteiger charge is -2.42. The number of hydrogen-bond donors (Lipinski definition) is 1. The minimum absolute atomic E-state index is 0.0405. The van der Waals surface area contributed by atoms with Crippen molar-refractivity contribution < 1.29 is 4.74 Å². The van der Waals surface area contributed by atoms with Crippen LogP contribution in [0.2, 0.25) is 0 Å². The predicted octanol–water partition coefficient (Wildman–Crippen LogP) is 3.76. The van der Waals surface area contributed by atoms with Crippen LogP contribution in [0.25, 0.3) is 0 Å². The van der Waals surface area contributed by atoms with Crippen LogP contribution in [-0.4, -0.2) is 66.6 Å². The first-order valence-electron chi connectivity index (χ1n) is 10.5. The zero-order chi connectivity index (χ0) is 20.7. The molecule has 7 heteroatoms. The molecule has 1 saturated heterocycles. The van der Waals surface area contributed by atoms with E-state index in [2.05, 4.69) is 55.2 Å². The zero-order valence-corrected chi connectivity index (χ0v) is 19.6. The van der Waals surface area contributed by atoms with Crippen LogP contribution in [0.15, 0.2) is 10.4 Å². The van der Waals surface area contributed by atoms with Gasteiger partial charge >= 0.3 is 0 Å². The highest BCUT2D eigenvalue weighted by Crippen LogP contribution is 2.24. The van der Waals surface area contributed by atoms with Crippen LogP contribution in [0.3, 0.4) is 0 Å². The van der Waals surface area contributed by atoms with E-state index in [0.717, 1.165) is 42.2 Å². The van der Waals surface area contributed by atoms with Gasteiger partial charge in [-0.15, -0.1) is 11.3 Å². The van der Waals surface area contributed by atoms with E-state index >= 15 is 0 Å². The number of hydrogen-bond acceptors (Lipinski definition) is 5. The maximum absolute atomic E-state index is 5.38. The second-order valence-corrected chi connectivity index (χ2v) is 9.48. The summed E-state index contributed by atoms with van der Waals surface area (Å²) in [5, 5.41) is 6.57. The quantitative estimate of drug-likeness (QED) is 0.523. The molecule has 1 aromatic rings. The van der Waals surface area contributed by atoms with Gasteiger partial charge in [0.05, 0.1) is 18.8 Å². The monoisotopic (exact) mass is 409 g/mol. The van der Waals surface area contributed by atoms with Crippen molar-refractivity contribution >= 4 is 17.3 Å². The van der Waals surface area contributed by atoms with Gasteiger partial charge in [0.1, 0.15) is 11.1 Å². The van der Waals surface area contributed by atoms with Gasteiger partial charge < -0.3 is 15.0 Å². The number of piperidine rings is 1. The second-order valence-electron chi connectivity index (χ2n) is 8.59. The van der Waals surface area contributed by atoms with Crippen LogP contribution in [0, 0.1) is 5.92 Å². The minimum atomic E-state index is 0.0405. The second kappa shape index (κ2) is 10.6. The molecule has 0 aliphatic carbocycles. The molecule has 28 heavy (non-hydrogen) atoms. The summed E-state index contributed by atoms with van der Waals surface area (Å²) in [4.78, 5) is 14.5. The third kappa shape index (κ3) is 6.42. The Morgan fingerprint density at radius 2 is 2.29 bits per heavy atom. The summed E-state index contributed by atoms with van der Waals surface area (Å²) < 4.78 is 5.38. The number of rotatable bonds is 8. The number of thiazole rings is 1. The van der Waals surface area contributed by atoms with Gasteiger partial charge in [-0.05, 0) is 53.0 Å². The number of nitrogens with one attached hydrogen (secondary N) is 1. The fraction of sp³-hybridized carbons (Fsp3) is 0.810. The van der Waals surface area contributed by atoms with E-state index in [1.54, 1.807) is 18.4 Å². The molecule has 160 valence electrons. The molecule has 1 N–H and O–H groups in total. The van der Waals surface area contributed by atoms with Crippen LogP contribution in [0.1, 0.15) is 64.3 Å². The van der Waals surface area contributed by atoms with Crippen molar-refractivity contribution in [2.75, 3.05) is 40.3 Å². The van der Waals surface area contributed by atoms with Gasteiger partial charge in [-0.25, -0.2) is 4.98 Å². The van der Waals surface area contributed by atoms with Crippen LogP contribution < -0.4 is 5.32 Å². The molecule has 6 nitrogen and oxygen atoms in total. The first-order chi connectivity index (χ1) is 13.3. The van der Waals surface area contributed by atoms with Crippen LogP contribution >= 0.6 is 11.3 Å². The van der Waals surface area contributed by atoms with E-state index in [-0.39, 0.29) is 11.6 Å². The minimum Gasteiger partial charge on any atom is -0.375 e. The molecule has 1 fully saturated rings. The van der Waals surface area contributed by atoms with Gasteiger partial charge in [0.2, 0.25) is 0 Å². The molecule has 0 saturated carbocycles. The molecular formula is C21H39N5OS. The van der Waals surface area contributed by atoms with Crippen molar-refractivity contribution in [2.24, 2.45) is 10.9 Å². The van der Waals surface area contributed by atoms with Crippen molar-refractivity contribution in [3.8, 4) is 0 Å². The first kappa shape index (κ1) is 23.1. The van der Waals surface area contributed by atoms with E-state index in [1.165, 1.54) is 25.9 Å². The normalized spacial score (nSPS) is 20.2. The fourth-order valence-electron chi connectivity index (χ4n) is 3.58. The maximum Gasteiger partial charge on any atom is 0.194 e. The highest BCUT2D eigenvalue weighted by Gasteiger charge is 2.30. The Hall–Kier alpha value is -1.18. The van der Waals surface area contributed by atoms with Crippen molar-refractivity contribution in [1.29, 1.82) is 0 Å². The van der Waals surface area contributed by atoms with Crippen molar-refractivity contribution in [3.05, 3.63) is 16.1 Å². The molecule has 1 aliphatic rings. The van der Waals surface area contributed by atoms with Gasteiger partial charge in [0.25, 0.3) is 0 Å². The van der Waals surface area contributed by atoms with E-state index in [4.69, 9.17) is 14.7 Å². The summed E-state index contributed by atoms with van der Waals surface area (Å²) in [6, 6.07) is 0. The van der Waals surface area contributed by atoms with Gasteiger partial charge in [0, 0.05) is 38.2 Å². The van der Waals surface area contributed by atoms with Gasteiger partial charge in [-0.3, -0.25) is 9.89 Å².